The fourth-order valence-corrected chi connectivity index (χ4v) is 3.62. The first-order valence-electron chi connectivity index (χ1n) is 9.74. The molecule has 172 valence electrons. The second-order valence-corrected chi connectivity index (χ2v) is 9.61. The number of benzene rings is 1. The monoisotopic (exact) mass is 576 g/mol. The summed E-state index contributed by atoms with van der Waals surface area (Å²) in [5.41, 5.74) is 0.537. The minimum absolute atomic E-state index is 0. The standard InChI is InChI=1S/C19H30ClFN4O3S.HI/c1-3-22-19(23-7-12-28-13-14-29(2,26)27)25-10-8-24(9-11-25)15-16-17(20)5-4-6-18(16)21;/h4-6H,3,7-15H2,1-2H3,(H,22,23);1H. The Balaban J connectivity index is 0.00000450. The predicted molar refractivity (Wildman–Crippen MR) is 130 cm³/mol. The zero-order chi connectivity index (χ0) is 21.3. The highest BCUT2D eigenvalue weighted by Gasteiger charge is 2.21. The van der Waals surface area contributed by atoms with Crippen molar-refractivity contribution < 1.29 is 17.5 Å². The number of piperazine rings is 1. The van der Waals surface area contributed by atoms with E-state index in [0.29, 0.717) is 30.3 Å². The lowest BCUT2D eigenvalue weighted by molar-refractivity contribution is 0.155. The van der Waals surface area contributed by atoms with E-state index in [1.807, 2.05) is 6.92 Å². The molecule has 0 amide bonds. The van der Waals surface area contributed by atoms with Gasteiger partial charge in [0.05, 0.1) is 25.5 Å². The molecule has 1 fully saturated rings. The molecule has 1 aromatic carbocycles. The summed E-state index contributed by atoms with van der Waals surface area (Å²) in [5.74, 6) is 0.554. The molecule has 2 rings (SSSR count). The van der Waals surface area contributed by atoms with Crippen molar-refractivity contribution in [3.05, 3.63) is 34.6 Å². The number of sulfone groups is 1. The van der Waals surface area contributed by atoms with Crippen molar-refractivity contribution in [1.29, 1.82) is 0 Å². The van der Waals surface area contributed by atoms with Gasteiger partial charge in [0.2, 0.25) is 0 Å². The van der Waals surface area contributed by atoms with Crippen molar-refractivity contribution >= 4 is 51.4 Å². The topological polar surface area (TPSA) is 74.2 Å². The number of ether oxygens (including phenoxy) is 1. The van der Waals surface area contributed by atoms with Crippen molar-refractivity contribution in [3.8, 4) is 0 Å². The Morgan fingerprint density at radius 1 is 1.27 bits per heavy atom. The van der Waals surface area contributed by atoms with E-state index >= 15 is 0 Å². The number of hydrogen-bond donors (Lipinski definition) is 1. The second-order valence-electron chi connectivity index (χ2n) is 6.94. The van der Waals surface area contributed by atoms with E-state index in [4.69, 9.17) is 16.3 Å². The van der Waals surface area contributed by atoms with Gasteiger partial charge in [-0.15, -0.1) is 24.0 Å². The smallest absolute Gasteiger partial charge is 0.194 e. The minimum Gasteiger partial charge on any atom is -0.378 e. The molecule has 1 aliphatic heterocycles. The van der Waals surface area contributed by atoms with Crippen LogP contribution < -0.4 is 5.32 Å². The van der Waals surface area contributed by atoms with E-state index in [0.717, 1.165) is 38.7 Å². The van der Waals surface area contributed by atoms with Crippen LogP contribution in [-0.2, 0) is 21.1 Å². The average molecular weight is 577 g/mol. The van der Waals surface area contributed by atoms with Gasteiger partial charge in [-0.3, -0.25) is 9.89 Å². The SMILES string of the molecule is CCNC(=NCCOCCS(C)(=O)=O)N1CCN(Cc2c(F)cccc2Cl)CC1.I. The Morgan fingerprint density at radius 2 is 1.97 bits per heavy atom. The van der Waals surface area contributed by atoms with Crippen LogP contribution in [0, 0.1) is 5.82 Å². The van der Waals surface area contributed by atoms with Crippen LogP contribution in [0.25, 0.3) is 0 Å². The molecule has 0 unspecified atom stereocenters. The molecule has 0 radical (unpaired) electrons. The average Bonchev–Trinajstić information content (AvgIpc) is 2.66. The molecule has 1 N–H and O–H groups in total. The molecule has 1 aromatic rings. The van der Waals surface area contributed by atoms with Crippen molar-refractivity contribution in [3.63, 3.8) is 0 Å². The number of rotatable bonds is 9. The number of aliphatic imine (C=N–C) groups is 1. The maximum atomic E-state index is 14.0. The highest BCUT2D eigenvalue weighted by atomic mass is 127. The zero-order valence-corrected chi connectivity index (χ0v) is 21.3. The van der Waals surface area contributed by atoms with Gasteiger partial charge in [-0.1, -0.05) is 17.7 Å². The zero-order valence-electron chi connectivity index (χ0n) is 17.4. The molecule has 0 bridgehead atoms. The number of guanidine groups is 1. The highest BCUT2D eigenvalue weighted by Crippen LogP contribution is 2.21. The first kappa shape index (κ1) is 27.3. The Kier molecular flexibility index (Phi) is 12.5. The van der Waals surface area contributed by atoms with E-state index in [1.165, 1.54) is 12.3 Å². The van der Waals surface area contributed by atoms with Crippen molar-refractivity contribution in [2.24, 2.45) is 4.99 Å². The Labute approximate surface area is 200 Å². The van der Waals surface area contributed by atoms with Crippen LogP contribution in [0.15, 0.2) is 23.2 Å². The predicted octanol–water partition coefficient (Wildman–Crippen LogP) is 2.24. The van der Waals surface area contributed by atoms with Crippen LogP contribution in [0.2, 0.25) is 5.02 Å². The Morgan fingerprint density at radius 3 is 2.57 bits per heavy atom. The van der Waals surface area contributed by atoms with Crippen LogP contribution >= 0.6 is 35.6 Å². The Hall–Kier alpha value is -0.690. The van der Waals surface area contributed by atoms with Crippen molar-refractivity contribution in [2.75, 3.05) is 64.5 Å². The van der Waals surface area contributed by atoms with Gasteiger partial charge >= 0.3 is 0 Å². The number of nitrogens with zero attached hydrogens (tertiary/aromatic N) is 3. The number of nitrogens with one attached hydrogen (secondary N) is 1. The maximum Gasteiger partial charge on any atom is 0.194 e. The molecule has 1 aliphatic rings. The van der Waals surface area contributed by atoms with Gasteiger partial charge in [-0.05, 0) is 19.1 Å². The summed E-state index contributed by atoms with van der Waals surface area (Å²) in [6, 6.07) is 4.76. The molecule has 0 atom stereocenters. The maximum absolute atomic E-state index is 14.0. The summed E-state index contributed by atoms with van der Waals surface area (Å²) < 4.78 is 41.5. The van der Waals surface area contributed by atoms with Gasteiger partial charge in [0, 0.05) is 56.1 Å². The summed E-state index contributed by atoms with van der Waals surface area (Å²) in [7, 11) is -3.00. The van der Waals surface area contributed by atoms with Gasteiger partial charge in [0.1, 0.15) is 15.7 Å². The Bertz CT molecular complexity index is 770. The summed E-state index contributed by atoms with van der Waals surface area (Å²) >= 11 is 6.14. The number of halogens is 3. The molecule has 0 saturated carbocycles. The molecule has 11 heteroatoms. The lowest BCUT2D eigenvalue weighted by atomic mass is 10.2. The van der Waals surface area contributed by atoms with Crippen LogP contribution in [0.3, 0.4) is 0 Å². The van der Waals surface area contributed by atoms with E-state index in [1.54, 1.807) is 12.1 Å². The molecule has 1 saturated heterocycles. The summed E-state index contributed by atoms with van der Waals surface area (Å²) in [5, 5.41) is 3.73. The first-order valence-corrected chi connectivity index (χ1v) is 12.2. The van der Waals surface area contributed by atoms with E-state index < -0.39 is 9.84 Å². The third-order valence-electron chi connectivity index (χ3n) is 4.55. The molecular formula is C19H31ClFIN4O3S. The summed E-state index contributed by atoms with van der Waals surface area (Å²) in [6.45, 7) is 7.35. The van der Waals surface area contributed by atoms with E-state index in [-0.39, 0.29) is 42.2 Å². The molecule has 30 heavy (non-hydrogen) atoms. The van der Waals surface area contributed by atoms with Gasteiger partial charge in [-0.2, -0.15) is 0 Å². The fraction of sp³-hybridized carbons (Fsp3) is 0.632. The van der Waals surface area contributed by atoms with Crippen LogP contribution in [0.5, 0.6) is 0 Å². The summed E-state index contributed by atoms with van der Waals surface area (Å²) in [4.78, 5) is 8.91. The quantitative estimate of drug-likeness (QED) is 0.210. The normalized spacial score (nSPS) is 15.7. The fourth-order valence-electron chi connectivity index (χ4n) is 2.98. The first-order chi connectivity index (χ1) is 13.8. The lowest BCUT2D eigenvalue weighted by Crippen LogP contribution is -2.52. The highest BCUT2D eigenvalue weighted by molar-refractivity contribution is 14.0. The molecule has 0 spiro atoms. The molecule has 0 aromatic heterocycles. The molecular weight excluding hydrogens is 546 g/mol. The third-order valence-corrected chi connectivity index (χ3v) is 5.81. The van der Waals surface area contributed by atoms with Crippen LogP contribution in [0.4, 0.5) is 4.39 Å². The minimum atomic E-state index is -3.00. The van der Waals surface area contributed by atoms with Gasteiger partial charge in [0.15, 0.2) is 5.96 Å². The van der Waals surface area contributed by atoms with Crippen LogP contribution in [0.1, 0.15) is 12.5 Å². The van der Waals surface area contributed by atoms with Gasteiger partial charge < -0.3 is 15.0 Å². The van der Waals surface area contributed by atoms with E-state index in [2.05, 4.69) is 20.1 Å². The van der Waals surface area contributed by atoms with Gasteiger partial charge in [0.25, 0.3) is 0 Å². The van der Waals surface area contributed by atoms with Crippen LogP contribution in [-0.4, -0.2) is 88.7 Å². The second kappa shape index (κ2) is 13.7. The molecule has 1 heterocycles. The molecule has 7 nitrogen and oxygen atoms in total. The van der Waals surface area contributed by atoms with Gasteiger partial charge in [-0.25, -0.2) is 12.8 Å². The largest absolute Gasteiger partial charge is 0.378 e. The van der Waals surface area contributed by atoms with Crippen molar-refractivity contribution in [2.45, 2.75) is 13.5 Å². The lowest BCUT2D eigenvalue weighted by Gasteiger charge is -2.36. The van der Waals surface area contributed by atoms with E-state index in [9.17, 15) is 12.8 Å². The third kappa shape index (κ3) is 9.63. The number of hydrogen-bond acceptors (Lipinski definition) is 5. The van der Waals surface area contributed by atoms with Crippen molar-refractivity contribution in [1.82, 2.24) is 15.1 Å². The molecule has 0 aliphatic carbocycles. The summed E-state index contributed by atoms with van der Waals surface area (Å²) in [6.07, 6.45) is 1.19.